The van der Waals surface area contributed by atoms with E-state index in [4.69, 9.17) is 9.47 Å². The maximum Gasteiger partial charge on any atom is 0.338 e. The van der Waals surface area contributed by atoms with Crippen LogP contribution in [0.15, 0.2) is 53.0 Å². The van der Waals surface area contributed by atoms with Gasteiger partial charge in [0.25, 0.3) is 5.91 Å². The minimum atomic E-state index is -0.393. The fourth-order valence-corrected chi connectivity index (χ4v) is 2.26. The molecule has 0 spiro atoms. The summed E-state index contributed by atoms with van der Waals surface area (Å²) in [6.07, 6.45) is 1.79. The number of carbonyl (C=O) groups is 2. The van der Waals surface area contributed by atoms with Crippen LogP contribution in [0.4, 0.5) is 5.69 Å². The summed E-state index contributed by atoms with van der Waals surface area (Å²) in [5.74, 6) is -0.0957. The molecule has 0 fully saturated rings. The first kappa shape index (κ1) is 19.0. The van der Waals surface area contributed by atoms with E-state index < -0.39 is 5.97 Å². The number of benzene rings is 2. The van der Waals surface area contributed by atoms with Crippen molar-refractivity contribution in [1.82, 2.24) is 0 Å². The van der Waals surface area contributed by atoms with E-state index in [2.05, 4.69) is 21.2 Å². The monoisotopic (exact) mass is 405 g/mol. The third-order valence-electron chi connectivity index (χ3n) is 3.30. The Bertz CT molecular complexity index is 716. The lowest BCUT2D eigenvalue weighted by atomic mass is 10.2. The van der Waals surface area contributed by atoms with Crippen molar-refractivity contribution in [3.63, 3.8) is 0 Å². The van der Waals surface area contributed by atoms with Crippen molar-refractivity contribution >= 4 is 33.5 Å². The standard InChI is InChI=1S/C19H20BrNO4/c1-2-3-11-24-19(23)14-5-4-6-16(12-14)21-18(22)13-25-17-9-7-15(20)8-10-17/h4-10,12H,2-3,11,13H2,1H3,(H,21,22). The predicted octanol–water partition coefficient (Wildman–Crippen LogP) is 4.42. The molecule has 5 nitrogen and oxygen atoms in total. The second kappa shape index (κ2) is 9.84. The fourth-order valence-electron chi connectivity index (χ4n) is 1.99. The van der Waals surface area contributed by atoms with Gasteiger partial charge in [0.15, 0.2) is 6.61 Å². The Labute approximate surface area is 155 Å². The largest absolute Gasteiger partial charge is 0.484 e. The zero-order chi connectivity index (χ0) is 18.1. The number of unbranched alkanes of at least 4 members (excludes halogenated alkanes) is 1. The molecule has 2 rings (SSSR count). The van der Waals surface area contributed by atoms with Gasteiger partial charge in [-0.15, -0.1) is 0 Å². The van der Waals surface area contributed by atoms with E-state index in [1.807, 2.05) is 19.1 Å². The molecule has 0 aromatic heterocycles. The molecule has 0 atom stereocenters. The fraction of sp³-hybridized carbons (Fsp3) is 0.263. The zero-order valence-corrected chi connectivity index (χ0v) is 15.5. The maximum absolute atomic E-state index is 12.0. The van der Waals surface area contributed by atoms with Crippen LogP contribution in [0.2, 0.25) is 0 Å². The Morgan fingerprint density at radius 2 is 1.88 bits per heavy atom. The molecule has 25 heavy (non-hydrogen) atoms. The Hall–Kier alpha value is -2.34. The predicted molar refractivity (Wildman–Crippen MR) is 99.9 cm³/mol. The Balaban J connectivity index is 1.86. The van der Waals surface area contributed by atoms with Gasteiger partial charge in [0.05, 0.1) is 12.2 Å². The Morgan fingerprint density at radius 1 is 1.12 bits per heavy atom. The summed E-state index contributed by atoms with van der Waals surface area (Å²) in [6, 6.07) is 13.9. The first-order valence-corrected chi connectivity index (χ1v) is 8.83. The SMILES string of the molecule is CCCCOC(=O)c1cccc(NC(=O)COc2ccc(Br)cc2)c1. The molecule has 0 saturated heterocycles. The van der Waals surface area contributed by atoms with Gasteiger partial charge >= 0.3 is 5.97 Å². The minimum Gasteiger partial charge on any atom is -0.484 e. The van der Waals surface area contributed by atoms with Crippen molar-refractivity contribution < 1.29 is 19.1 Å². The number of halogens is 1. The molecule has 1 N–H and O–H groups in total. The van der Waals surface area contributed by atoms with Crippen molar-refractivity contribution in [3.05, 3.63) is 58.6 Å². The Morgan fingerprint density at radius 3 is 2.60 bits per heavy atom. The summed E-state index contributed by atoms with van der Waals surface area (Å²) < 4.78 is 11.5. The quantitative estimate of drug-likeness (QED) is 0.521. The molecule has 1 amide bonds. The molecule has 6 heteroatoms. The van der Waals surface area contributed by atoms with Gasteiger partial charge in [0.1, 0.15) is 5.75 Å². The van der Waals surface area contributed by atoms with E-state index in [9.17, 15) is 9.59 Å². The first-order chi connectivity index (χ1) is 12.1. The van der Waals surface area contributed by atoms with Crippen LogP contribution >= 0.6 is 15.9 Å². The van der Waals surface area contributed by atoms with Crippen molar-refractivity contribution in [1.29, 1.82) is 0 Å². The summed E-state index contributed by atoms with van der Waals surface area (Å²) in [5.41, 5.74) is 0.928. The maximum atomic E-state index is 12.0. The van der Waals surface area contributed by atoms with Crippen LogP contribution in [0.3, 0.4) is 0 Å². The van der Waals surface area contributed by atoms with E-state index in [0.717, 1.165) is 17.3 Å². The van der Waals surface area contributed by atoms with E-state index in [1.54, 1.807) is 36.4 Å². The molecule has 0 radical (unpaired) electrons. The molecular formula is C19H20BrNO4. The highest BCUT2D eigenvalue weighted by molar-refractivity contribution is 9.10. The lowest BCUT2D eigenvalue weighted by molar-refractivity contribution is -0.118. The number of nitrogens with one attached hydrogen (secondary N) is 1. The van der Waals surface area contributed by atoms with Gasteiger partial charge in [-0.2, -0.15) is 0 Å². The van der Waals surface area contributed by atoms with Gasteiger partial charge < -0.3 is 14.8 Å². The van der Waals surface area contributed by atoms with Gasteiger partial charge in [-0.1, -0.05) is 35.3 Å². The van der Waals surface area contributed by atoms with Gasteiger partial charge in [-0.3, -0.25) is 4.79 Å². The van der Waals surface area contributed by atoms with E-state index in [1.165, 1.54) is 0 Å². The van der Waals surface area contributed by atoms with Gasteiger partial charge in [-0.25, -0.2) is 4.79 Å². The topological polar surface area (TPSA) is 64.6 Å². The number of anilines is 1. The van der Waals surface area contributed by atoms with Crippen LogP contribution in [-0.2, 0) is 9.53 Å². The average Bonchev–Trinajstić information content (AvgIpc) is 2.61. The van der Waals surface area contributed by atoms with Crippen LogP contribution in [0.5, 0.6) is 5.75 Å². The molecular weight excluding hydrogens is 386 g/mol. The van der Waals surface area contributed by atoms with Crippen molar-refractivity contribution in [2.45, 2.75) is 19.8 Å². The number of rotatable bonds is 8. The zero-order valence-electron chi connectivity index (χ0n) is 14.0. The smallest absolute Gasteiger partial charge is 0.338 e. The van der Waals surface area contributed by atoms with Gasteiger partial charge in [0.2, 0.25) is 0 Å². The number of esters is 1. The third-order valence-corrected chi connectivity index (χ3v) is 3.83. The van der Waals surface area contributed by atoms with E-state index >= 15 is 0 Å². The highest BCUT2D eigenvalue weighted by Crippen LogP contribution is 2.16. The highest BCUT2D eigenvalue weighted by atomic mass is 79.9. The number of ether oxygens (including phenoxy) is 2. The van der Waals surface area contributed by atoms with Crippen LogP contribution in [0.1, 0.15) is 30.1 Å². The third kappa shape index (κ3) is 6.58. The summed E-state index contributed by atoms with van der Waals surface area (Å²) in [7, 11) is 0. The van der Waals surface area contributed by atoms with Crippen molar-refractivity contribution in [3.8, 4) is 5.75 Å². The minimum absolute atomic E-state index is 0.118. The number of carbonyl (C=O) groups excluding carboxylic acids is 2. The summed E-state index contributed by atoms with van der Waals surface area (Å²) in [4.78, 5) is 23.9. The molecule has 2 aromatic carbocycles. The van der Waals surface area contributed by atoms with Gasteiger partial charge in [-0.05, 0) is 48.9 Å². The lowest BCUT2D eigenvalue weighted by Crippen LogP contribution is -2.20. The number of amides is 1. The van der Waals surface area contributed by atoms with Crippen LogP contribution in [0, 0.1) is 0 Å². The average molecular weight is 406 g/mol. The van der Waals surface area contributed by atoms with Crippen molar-refractivity contribution in [2.24, 2.45) is 0 Å². The summed E-state index contributed by atoms with van der Waals surface area (Å²) >= 11 is 3.34. The number of hydrogen-bond donors (Lipinski definition) is 1. The number of hydrogen-bond acceptors (Lipinski definition) is 4. The molecule has 0 aliphatic heterocycles. The molecule has 0 saturated carbocycles. The molecule has 0 heterocycles. The highest BCUT2D eigenvalue weighted by Gasteiger charge is 2.09. The normalized spacial score (nSPS) is 10.2. The molecule has 0 bridgehead atoms. The summed E-state index contributed by atoms with van der Waals surface area (Å²) in [5, 5.41) is 2.71. The second-order valence-corrected chi connectivity index (χ2v) is 6.28. The molecule has 0 unspecified atom stereocenters. The van der Waals surface area contributed by atoms with Crippen LogP contribution < -0.4 is 10.1 Å². The molecule has 132 valence electrons. The molecule has 0 aliphatic carbocycles. The van der Waals surface area contributed by atoms with Crippen LogP contribution in [0.25, 0.3) is 0 Å². The summed E-state index contributed by atoms with van der Waals surface area (Å²) in [6.45, 7) is 2.31. The second-order valence-electron chi connectivity index (χ2n) is 5.36. The van der Waals surface area contributed by atoms with Crippen LogP contribution in [-0.4, -0.2) is 25.1 Å². The van der Waals surface area contributed by atoms with E-state index in [0.29, 0.717) is 23.6 Å². The van der Waals surface area contributed by atoms with Crippen molar-refractivity contribution in [2.75, 3.05) is 18.5 Å². The molecule has 2 aromatic rings. The molecule has 0 aliphatic rings. The lowest BCUT2D eigenvalue weighted by Gasteiger charge is -2.09. The first-order valence-electron chi connectivity index (χ1n) is 8.04. The van der Waals surface area contributed by atoms with Gasteiger partial charge in [0, 0.05) is 10.2 Å². The van der Waals surface area contributed by atoms with E-state index in [-0.39, 0.29) is 12.5 Å². The Kier molecular flexibility index (Phi) is 7.47.